The maximum atomic E-state index is 12.3. The summed E-state index contributed by atoms with van der Waals surface area (Å²) in [6.07, 6.45) is 0.612. The highest BCUT2D eigenvalue weighted by Gasteiger charge is 2.48. The zero-order chi connectivity index (χ0) is 17.1. The van der Waals surface area contributed by atoms with E-state index >= 15 is 0 Å². The van der Waals surface area contributed by atoms with Crippen LogP contribution in [-0.2, 0) is 10.1 Å². The van der Waals surface area contributed by atoms with Crippen LogP contribution in [0.4, 0.5) is 13.2 Å². The third-order valence-electron chi connectivity index (χ3n) is 2.92. The quantitative estimate of drug-likeness (QED) is 0.478. The number of hydrogen-bond donors (Lipinski definition) is 1. The molecule has 10 heteroatoms. The molecular weight excluding hydrogens is 339 g/mol. The van der Waals surface area contributed by atoms with Crippen LogP contribution in [0.1, 0.15) is 13.3 Å². The van der Waals surface area contributed by atoms with Crippen LogP contribution >= 0.6 is 0 Å². The number of benzene rings is 1. The summed E-state index contributed by atoms with van der Waals surface area (Å²) in [5.74, 6) is -0.0465. The topological polar surface area (TPSA) is 73.9 Å². The molecule has 1 aliphatic rings. The predicted molar refractivity (Wildman–Crippen MR) is 75.1 cm³/mol. The Balaban J connectivity index is 2.09. The van der Waals surface area contributed by atoms with Crippen molar-refractivity contribution in [2.24, 2.45) is 0 Å². The number of nitrogens with one attached hydrogen (secondary N) is 1. The fourth-order valence-electron chi connectivity index (χ4n) is 1.86. The van der Waals surface area contributed by atoms with Gasteiger partial charge in [0.1, 0.15) is 18.5 Å². The third-order valence-corrected chi connectivity index (χ3v) is 3.90. The maximum absolute atomic E-state index is 12.3. The Bertz CT molecular complexity index is 648. The average molecular weight is 355 g/mol. The Hall–Kier alpha value is -1.68. The van der Waals surface area contributed by atoms with E-state index in [-0.39, 0.29) is 18.5 Å². The molecule has 23 heavy (non-hydrogen) atoms. The number of alkyl halides is 3. The molecule has 0 aliphatic carbocycles. The summed E-state index contributed by atoms with van der Waals surface area (Å²) in [5, 5.41) is 3.13. The van der Waals surface area contributed by atoms with Crippen LogP contribution in [-0.4, -0.2) is 39.7 Å². The highest BCUT2D eigenvalue weighted by Crippen LogP contribution is 2.36. The SMILES string of the molecule is CCCNCC1COc2ccc(OS(=O)(=O)C(F)(F)F)cc2O1. The lowest BCUT2D eigenvalue weighted by Gasteiger charge is -2.27. The molecule has 0 amide bonds. The molecule has 1 unspecified atom stereocenters. The summed E-state index contributed by atoms with van der Waals surface area (Å²) >= 11 is 0. The number of fused-ring (bicyclic) bond motifs is 1. The van der Waals surface area contributed by atoms with Gasteiger partial charge in [0.05, 0.1) is 0 Å². The molecule has 2 rings (SSSR count). The van der Waals surface area contributed by atoms with E-state index in [4.69, 9.17) is 9.47 Å². The lowest BCUT2D eigenvalue weighted by molar-refractivity contribution is -0.0500. The summed E-state index contributed by atoms with van der Waals surface area (Å²) < 4.78 is 74.0. The van der Waals surface area contributed by atoms with Gasteiger partial charge in [-0.1, -0.05) is 6.92 Å². The molecule has 0 fully saturated rings. The van der Waals surface area contributed by atoms with Crippen molar-refractivity contribution in [1.82, 2.24) is 5.32 Å². The first-order valence-corrected chi connectivity index (χ1v) is 8.28. The van der Waals surface area contributed by atoms with Crippen LogP contribution in [0.5, 0.6) is 17.2 Å². The summed E-state index contributed by atoms with van der Waals surface area (Å²) in [7, 11) is -5.72. The monoisotopic (exact) mass is 355 g/mol. The Morgan fingerprint density at radius 3 is 2.74 bits per heavy atom. The van der Waals surface area contributed by atoms with Crippen LogP contribution in [0.15, 0.2) is 18.2 Å². The molecule has 130 valence electrons. The molecule has 1 heterocycles. The van der Waals surface area contributed by atoms with E-state index in [0.29, 0.717) is 12.3 Å². The van der Waals surface area contributed by atoms with Gasteiger partial charge in [-0.05, 0) is 25.1 Å². The van der Waals surface area contributed by atoms with E-state index in [9.17, 15) is 21.6 Å². The molecule has 0 spiro atoms. The predicted octanol–water partition coefficient (Wildman–Crippen LogP) is 2.05. The van der Waals surface area contributed by atoms with Gasteiger partial charge in [-0.2, -0.15) is 21.6 Å². The molecule has 1 aromatic carbocycles. The summed E-state index contributed by atoms with van der Waals surface area (Å²) in [5.41, 5.74) is -5.49. The third kappa shape index (κ3) is 4.41. The van der Waals surface area contributed by atoms with Crippen LogP contribution in [0, 0.1) is 0 Å². The van der Waals surface area contributed by atoms with Gasteiger partial charge in [0, 0.05) is 12.6 Å². The molecule has 6 nitrogen and oxygen atoms in total. The molecule has 1 N–H and O–H groups in total. The highest BCUT2D eigenvalue weighted by molar-refractivity contribution is 7.88. The minimum Gasteiger partial charge on any atom is -0.486 e. The van der Waals surface area contributed by atoms with Crippen LogP contribution in [0.3, 0.4) is 0 Å². The number of halogens is 3. The van der Waals surface area contributed by atoms with Crippen molar-refractivity contribution in [2.75, 3.05) is 19.7 Å². The van der Waals surface area contributed by atoms with Crippen molar-refractivity contribution in [3.05, 3.63) is 18.2 Å². The number of hydrogen-bond acceptors (Lipinski definition) is 6. The van der Waals surface area contributed by atoms with Crippen LogP contribution in [0.2, 0.25) is 0 Å². The van der Waals surface area contributed by atoms with E-state index in [0.717, 1.165) is 25.1 Å². The molecule has 0 bridgehead atoms. The van der Waals surface area contributed by atoms with Crippen LogP contribution < -0.4 is 19.0 Å². The fourth-order valence-corrected chi connectivity index (χ4v) is 2.31. The fraction of sp³-hybridized carbons (Fsp3) is 0.538. The lowest BCUT2D eigenvalue weighted by atomic mass is 10.2. The van der Waals surface area contributed by atoms with E-state index < -0.39 is 21.4 Å². The summed E-state index contributed by atoms with van der Waals surface area (Å²) in [4.78, 5) is 0. The summed E-state index contributed by atoms with van der Waals surface area (Å²) in [6.45, 7) is 3.58. The Morgan fingerprint density at radius 2 is 2.09 bits per heavy atom. The van der Waals surface area contributed by atoms with Gasteiger partial charge < -0.3 is 19.0 Å². The first-order valence-electron chi connectivity index (χ1n) is 6.88. The van der Waals surface area contributed by atoms with Crippen molar-refractivity contribution in [3.8, 4) is 17.2 Å². The second-order valence-electron chi connectivity index (χ2n) is 4.85. The van der Waals surface area contributed by atoms with Crippen molar-refractivity contribution in [2.45, 2.75) is 25.0 Å². The van der Waals surface area contributed by atoms with E-state index in [1.807, 2.05) is 6.92 Å². The van der Waals surface area contributed by atoms with Gasteiger partial charge in [-0.25, -0.2) is 0 Å². The van der Waals surface area contributed by atoms with Crippen molar-refractivity contribution in [1.29, 1.82) is 0 Å². The number of ether oxygens (including phenoxy) is 2. The van der Waals surface area contributed by atoms with Gasteiger partial charge in [0.25, 0.3) is 0 Å². The van der Waals surface area contributed by atoms with Gasteiger partial charge in [0.15, 0.2) is 11.5 Å². The van der Waals surface area contributed by atoms with E-state index in [2.05, 4.69) is 9.50 Å². The largest absolute Gasteiger partial charge is 0.534 e. The molecule has 0 saturated carbocycles. The maximum Gasteiger partial charge on any atom is 0.534 e. The summed E-state index contributed by atoms with van der Waals surface area (Å²) in [6, 6.07) is 3.43. The van der Waals surface area contributed by atoms with Gasteiger partial charge >= 0.3 is 15.6 Å². The molecular formula is C13H16F3NO5S. The zero-order valence-corrected chi connectivity index (χ0v) is 13.0. The lowest BCUT2D eigenvalue weighted by Crippen LogP contribution is -2.38. The van der Waals surface area contributed by atoms with Crippen molar-refractivity contribution in [3.63, 3.8) is 0 Å². The smallest absolute Gasteiger partial charge is 0.486 e. The normalized spacial score (nSPS) is 17.8. The highest BCUT2D eigenvalue weighted by atomic mass is 32.2. The zero-order valence-electron chi connectivity index (χ0n) is 12.2. The van der Waals surface area contributed by atoms with Crippen molar-refractivity contribution >= 4 is 10.1 Å². The second kappa shape index (κ2) is 6.83. The first kappa shape index (κ1) is 17.7. The molecule has 0 radical (unpaired) electrons. The Morgan fingerprint density at radius 1 is 1.35 bits per heavy atom. The average Bonchev–Trinajstić information content (AvgIpc) is 2.45. The minimum absolute atomic E-state index is 0.134. The van der Waals surface area contributed by atoms with Gasteiger partial charge in [-0.3, -0.25) is 0 Å². The molecule has 1 aromatic rings. The molecule has 1 atom stereocenters. The standard InChI is InChI=1S/C13H16F3NO5S/c1-2-5-17-7-10-8-20-11-4-3-9(6-12(11)21-10)22-23(18,19)13(14,15)16/h3-4,6,10,17H,2,5,7-8H2,1H3. The Labute approximate surface area is 131 Å². The minimum atomic E-state index is -5.72. The van der Waals surface area contributed by atoms with Gasteiger partial charge in [-0.15, -0.1) is 0 Å². The van der Waals surface area contributed by atoms with Crippen LogP contribution in [0.25, 0.3) is 0 Å². The Kier molecular flexibility index (Phi) is 5.25. The second-order valence-corrected chi connectivity index (χ2v) is 6.38. The number of rotatable bonds is 6. The molecule has 0 saturated heterocycles. The van der Waals surface area contributed by atoms with Crippen molar-refractivity contribution < 1.29 is 35.2 Å². The van der Waals surface area contributed by atoms with E-state index in [1.165, 1.54) is 6.07 Å². The molecule has 1 aliphatic heterocycles. The van der Waals surface area contributed by atoms with E-state index in [1.54, 1.807) is 0 Å². The first-order chi connectivity index (χ1) is 10.7. The van der Waals surface area contributed by atoms with Gasteiger partial charge in [0.2, 0.25) is 0 Å². The molecule has 0 aromatic heterocycles.